The standard InChI is InChI=1S/C16H13FN2O2/c17-12-7-10(5-9-6-11(8-18)20-15(9)12)16-19-13-3-1-2-4-14(13)21-16/h1-5,7,11H,6,8,18H2. The lowest BCUT2D eigenvalue weighted by Gasteiger charge is -2.06. The molecule has 0 amide bonds. The van der Waals surface area contributed by atoms with Crippen LogP contribution in [0.1, 0.15) is 5.56 Å². The predicted molar refractivity (Wildman–Crippen MR) is 76.6 cm³/mol. The van der Waals surface area contributed by atoms with E-state index in [-0.39, 0.29) is 6.10 Å². The maximum atomic E-state index is 14.2. The highest BCUT2D eigenvalue weighted by Crippen LogP contribution is 2.36. The minimum Gasteiger partial charge on any atom is -0.485 e. The van der Waals surface area contributed by atoms with Crippen molar-refractivity contribution >= 4 is 11.1 Å². The molecule has 0 saturated carbocycles. The third-order valence-corrected chi connectivity index (χ3v) is 3.66. The lowest BCUT2D eigenvalue weighted by atomic mass is 10.1. The SMILES string of the molecule is NCC1Cc2cc(-c3nc4ccccc4o3)cc(F)c2O1. The van der Waals surface area contributed by atoms with Crippen LogP contribution in [0.5, 0.6) is 5.75 Å². The molecule has 3 aromatic rings. The molecule has 0 radical (unpaired) electrons. The smallest absolute Gasteiger partial charge is 0.227 e. The molecule has 5 heteroatoms. The van der Waals surface area contributed by atoms with Crippen molar-refractivity contribution in [1.29, 1.82) is 0 Å². The minimum atomic E-state index is -0.402. The van der Waals surface area contributed by atoms with Crippen molar-refractivity contribution in [2.75, 3.05) is 6.54 Å². The molecule has 0 spiro atoms. The van der Waals surface area contributed by atoms with Crippen LogP contribution in [0.15, 0.2) is 40.8 Å². The molecule has 2 aromatic carbocycles. The molecular weight excluding hydrogens is 271 g/mol. The Morgan fingerprint density at radius 1 is 1.29 bits per heavy atom. The Labute approximate surface area is 120 Å². The predicted octanol–water partition coefficient (Wildman–Crippen LogP) is 2.90. The summed E-state index contributed by atoms with van der Waals surface area (Å²) in [7, 11) is 0. The third kappa shape index (κ3) is 1.97. The summed E-state index contributed by atoms with van der Waals surface area (Å²) in [5, 5.41) is 0. The number of hydrogen-bond donors (Lipinski definition) is 1. The Morgan fingerprint density at radius 3 is 2.95 bits per heavy atom. The van der Waals surface area contributed by atoms with Crippen LogP contribution >= 0.6 is 0 Å². The average Bonchev–Trinajstić information content (AvgIpc) is 3.10. The first-order chi connectivity index (χ1) is 10.2. The van der Waals surface area contributed by atoms with Crippen molar-refractivity contribution in [2.45, 2.75) is 12.5 Å². The van der Waals surface area contributed by atoms with Crippen LogP contribution in [0.4, 0.5) is 4.39 Å². The van der Waals surface area contributed by atoms with Crippen LogP contribution in [0, 0.1) is 5.82 Å². The molecular formula is C16H13FN2O2. The maximum Gasteiger partial charge on any atom is 0.227 e. The maximum absolute atomic E-state index is 14.2. The molecule has 1 aromatic heterocycles. The number of benzene rings is 2. The van der Waals surface area contributed by atoms with Gasteiger partial charge in [0, 0.05) is 24.1 Å². The van der Waals surface area contributed by atoms with E-state index >= 15 is 0 Å². The number of nitrogens with zero attached hydrogens (tertiary/aromatic N) is 1. The normalized spacial score (nSPS) is 17.0. The summed E-state index contributed by atoms with van der Waals surface area (Å²) in [6, 6.07) is 10.7. The topological polar surface area (TPSA) is 61.3 Å². The van der Waals surface area contributed by atoms with Gasteiger partial charge in [-0.3, -0.25) is 0 Å². The molecule has 0 aliphatic carbocycles. The number of aromatic nitrogens is 1. The highest BCUT2D eigenvalue weighted by atomic mass is 19.1. The summed E-state index contributed by atoms with van der Waals surface area (Å²) in [6.07, 6.45) is 0.449. The largest absolute Gasteiger partial charge is 0.485 e. The van der Waals surface area contributed by atoms with Crippen molar-refractivity contribution in [3.63, 3.8) is 0 Å². The van der Waals surface area contributed by atoms with Gasteiger partial charge >= 0.3 is 0 Å². The van der Waals surface area contributed by atoms with Gasteiger partial charge in [0.15, 0.2) is 17.1 Å². The summed E-state index contributed by atoms with van der Waals surface area (Å²) in [4.78, 5) is 4.39. The molecule has 1 unspecified atom stereocenters. The molecule has 1 atom stereocenters. The average molecular weight is 284 g/mol. The molecule has 2 N–H and O–H groups in total. The Bertz CT molecular complexity index is 795. The van der Waals surface area contributed by atoms with E-state index in [2.05, 4.69) is 4.98 Å². The van der Waals surface area contributed by atoms with Crippen molar-refractivity contribution in [2.24, 2.45) is 5.73 Å². The van der Waals surface area contributed by atoms with E-state index in [1.165, 1.54) is 6.07 Å². The Kier molecular flexibility index (Phi) is 2.68. The first kappa shape index (κ1) is 12.3. The van der Waals surface area contributed by atoms with Gasteiger partial charge < -0.3 is 14.9 Å². The highest BCUT2D eigenvalue weighted by Gasteiger charge is 2.26. The number of ether oxygens (including phenoxy) is 1. The summed E-state index contributed by atoms with van der Waals surface area (Å²) in [5.74, 6) is 0.306. The second-order valence-corrected chi connectivity index (χ2v) is 5.11. The van der Waals surface area contributed by atoms with Crippen molar-refractivity contribution in [3.05, 3.63) is 47.8 Å². The Balaban J connectivity index is 1.81. The monoisotopic (exact) mass is 284 g/mol. The van der Waals surface area contributed by atoms with Gasteiger partial charge in [-0.15, -0.1) is 0 Å². The van der Waals surface area contributed by atoms with E-state index in [0.29, 0.717) is 35.8 Å². The van der Waals surface area contributed by atoms with Crippen molar-refractivity contribution in [1.82, 2.24) is 4.98 Å². The number of oxazole rings is 1. The Morgan fingerprint density at radius 2 is 2.14 bits per heavy atom. The number of hydrogen-bond acceptors (Lipinski definition) is 4. The summed E-state index contributed by atoms with van der Waals surface area (Å²) >= 11 is 0. The minimum absolute atomic E-state index is 0.159. The molecule has 0 fully saturated rings. The first-order valence-corrected chi connectivity index (χ1v) is 6.79. The summed E-state index contributed by atoms with van der Waals surface area (Å²) in [6.45, 7) is 0.367. The fourth-order valence-electron chi connectivity index (χ4n) is 2.64. The van der Waals surface area contributed by atoms with Gasteiger partial charge in [-0.25, -0.2) is 9.37 Å². The van der Waals surface area contributed by atoms with E-state index < -0.39 is 5.82 Å². The Hall–Kier alpha value is -2.40. The molecule has 106 valence electrons. The van der Waals surface area contributed by atoms with Crippen LogP contribution in [-0.4, -0.2) is 17.6 Å². The summed E-state index contributed by atoms with van der Waals surface area (Å²) < 4.78 is 25.3. The molecule has 4 rings (SSSR count). The van der Waals surface area contributed by atoms with E-state index in [0.717, 1.165) is 11.1 Å². The fraction of sp³-hybridized carbons (Fsp3) is 0.188. The number of nitrogens with two attached hydrogens (primary N) is 1. The van der Waals surface area contributed by atoms with Gasteiger partial charge in [0.1, 0.15) is 11.6 Å². The van der Waals surface area contributed by atoms with Crippen LogP contribution < -0.4 is 10.5 Å². The number of rotatable bonds is 2. The molecule has 4 nitrogen and oxygen atoms in total. The first-order valence-electron chi connectivity index (χ1n) is 6.79. The van der Waals surface area contributed by atoms with Crippen LogP contribution in [0.3, 0.4) is 0 Å². The zero-order valence-electron chi connectivity index (χ0n) is 11.2. The number of halogens is 1. The molecule has 0 saturated heterocycles. The molecule has 0 bridgehead atoms. The van der Waals surface area contributed by atoms with Crippen LogP contribution in [0.25, 0.3) is 22.6 Å². The van der Waals surface area contributed by atoms with Gasteiger partial charge in [0.25, 0.3) is 0 Å². The quantitative estimate of drug-likeness (QED) is 0.786. The van der Waals surface area contributed by atoms with Gasteiger partial charge in [-0.05, 0) is 24.3 Å². The number of para-hydroxylation sites is 2. The van der Waals surface area contributed by atoms with Crippen molar-refractivity contribution < 1.29 is 13.5 Å². The van der Waals surface area contributed by atoms with Gasteiger partial charge in [0.05, 0.1) is 0 Å². The lowest BCUT2D eigenvalue weighted by Crippen LogP contribution is -2.24. The molecule has 21 heavy (non-hydrogen) atoms. The zero-order chi connectivity index (χ0) is 14.4. The van der Waals surface area contributed by atoms with Gasteiger partial charge in [-0.2, -0.15) is 0 Å². The van der Waals surface area contributed by atoms with E-state index in [1.54, 1.807) is 0 Å². The molecule has 1 aliphatic rings. The number of fused-ring (bicyclic) bond motifs is 2. The molecule has 1 aliphatic heterocycles. The zero-order valence-corrected chi connectivity index (χ0v) is 11.2. The van der Waals surface area contributed by atoms with E-state index in [9.17, 15) is 4.39 Å². The van der Waals surface area contributed by atoms with Crippen LogP contribution in [0.2, 0.25) is 0 Å². The van der Waals surface area contributed by atoms with Gasteiger partial charge in [0.2, 0.25) is 5.89 Å². The highest BCUT2D eigenvalue weighted by molar-refractivity contribution is 5.76. The summed E-state index contributed by atoms with van der Waals surface area (Å²) in [5.41, 5.74) is 8.45. The van der Waals surface area contributed by atoms with Crippen LogP contribution in [-0.2, 0) is 6.42 Å². The lowest BCUT2D eigenvalue weighted by molar-refractivity contribution is 0.232. The molecule has 2 heterocycles. The van der Waals surface area contributed by atoms with E-state index in [4.69, 9.17) is 14.9 Å². The second kappa shape index (κ2) is 4.56. The van der Waals surface area contributed by atoms with E-state index in [1.807, 2.05) is 30.3 Å². The van der Waals surface area contributed by atoms with Crippen molar-refractivity contribution in [3.8, 4) is 17.2 Å². The third-order valence-electron chi connectivity index (χ3n) is 3.66. The van der Waals surface area contributed by atoms with Gasteiger partial charge in [-0.1, -0.05) is 12.1 Å². The second-order valence-electron chi connectivity index (χ2n) is 5.11. The fourth-order valence-corrected chi connectivity index (χ4v) is 2.64.